The van der Waals surface area contributed by atoms with Crippen molar-refractivity contribution < 1.29 is 14.3 Å². The average molecular weight is 278 g/mol. The largest absolute Gasteiger partial charge is 0.453 e. The Bertz CT molecular complexity index is 397. The van der Waals surface area contributed by atoms with Crippen molar-refractivity contribution in [1.82, 2.24) is 4.90 Å². The van der Waals surface area contributed by atoms with Gasteiger partial charge in [0, 0.05) is 0 Å². The molecule has 0 N–H and O–H groups in total. The fourth-order valence-electron chi connectivity index (χ4n) is 2.59. The molecule has 0 radical (unpaired) electrons. The third kappa shape index (κ3) is 1.37. The number of hydrogen-bond donors (Lipinski definition) is 0. The maximum Gasteiger partial charge on any atom is 0.411 e. The third-order valence-corrected chi connectivity index (χ3v) is 4.92. The Morgan fingerprint density at radius 2 is 1.71 bits per heavy atom. The highest BCUT2D eigenvalue weighted by atomic mass is 35.5. The molecule has 1 fully saturated rings. The molecule has 0 aliphatic carbocycles. The number of rotatable bonds is 0. The number of ether oxygens (including phenoxy) is 1. The number of carbonyl (C=O) groups excluding carboxylic acids is 2. The van der Waals surface area contributed by atoms with Gasteiger partial charge in [0.2, 0.25) is 0 Å². The molecule has 2 rings (SSSR count). The summed E-state index contributed by atoms with van der Waals surface area (Å²) in [6.45, 7) is 3.45. The number of methoxy groups -OCH3 is 1. The molecule has 2 aliphatic rings. The zero-order valence-corrected chi connectivity index (χ0v) is 11.2. The monoisotopic (exact) mass is 277 g/mol. The molecule has 94 valence electrons. The van der Waals surface area contributed by atoms with E-state index in [1.54, 1.807) is 26.0 Å². The van der Waals surface area contributed by atoms with E-state index in [-0.39, 0.29) is 5.78 Å². The highest BCUT2D eigenvalue weighted by Crippen LogP contribution is 2.48. The molecule has 4 unspecified atom stereocenters. The van der Waals surface area contributed by atoms with Crippen LogP contribution in [0.3, 0.4) is 0 Å². The molecule has 17 heavy (non-hydrogen) atoms. The minimum atomic E-state index is -0.883. The van der Waals surface area contributed by atoms with Crippen molar-refractivity contribution in [2.75, 3.05) is 7.11 Å². The first-order chi connectivity index (χ1) is 7.79. The van der Waals surface area contributed by atoms with Crippen LogP contribution in [0.1, 0.15) is 13.8 Å². The van der Waals surface area contributed by atoms with Crippen molar-refractivity contribution in [2.45, 2.75) is 35.7 Å². The smallest absolute Gasteiger partial charge is 0.411 e. The molecule has 0 aromatic heterocycles. The maximum atomic E-state index is 12.0. The van der Waals surface area contributed by atoms with Gasteiger partial charge in [-0.05, 0) is 13.8 Å². The van der Waals surface area contributed by atoms with E-state index in [1.165, 1.54) is 12.0 Å². The summed E-state index contributed by atoms with van der Waals surface area (Å²) in [5.41, 5.74) is -1.77. The second-order valence-electron chi connectivity index (χ2n) is 4.72. The molecule has 0 saturated carbocycles. The summed E-state index contributed by atoms with van der Waals surface area (Å²) < 4.78 is 4.75. The number of fused-ring (bicyclic) bond motifs is 2. The van der Waals surface area contributed by atoms with Gasteiger partial charge in [0.05, 0.1) is 18.2 Å². The second kappa shape index (κ2) is 3.62. The summed E-state index contributed by atoms with van der Waals surface area (Å²) in [6, 6.07) is 0. The highest BCUT2D eigenvalue weighted by Gasteiger charge is 2.63. The normalized spacial score (nSPS) is 44.1. The van der Waals surface area contributed by atoms with Crippen LogP contribution in [0.5, 0.6) is 0 Å². The van der Waals surface area contributed by atoms with Crippen LogP contribution in [0.2, 0.25) is 0 Å². The van der Waals surface area contributed by atoms with E-state index >= 15 is 0 Å². The van der Waals surface area contributed by atoms with Crippen LogP contribution in [0.25, 0.3) is 0 Å². The lowest BCUT2D eigenvalue weighted by Crippen LogP contribution is -2.70. The minimum absolute atomic E-state index is 0.261. The fraction of sp³-hybridized carbons (Fsp3) is 0.636. The van der Waals surface area contributed by atoms with E-state index in [1.807, 2.05) is 0 Å². The van der Waals surface area contributed by atoms with Gasteiger partial charge in [-0.15, -0.1) is 23.2 Å². The van der Waals surface area contributed by atoms with E-state index in [2.05, 4.69) is 0 Å². The second-order valence-corrected chi connectivity index (χ2v) is 5.59. The summed E-state index contributed by atoms with van der Waals surface area (Å²) in [5.74, 6) is -0.261. The Balaban J connectivity index is 2.56. The van der Waals surface area contributed by atoms with Crippen LogP contribution in [-0.2, 0) is 9.53 Å². The first kappa shape index (κ1) is 12.7. The SMILES string of the molecule is COC(=O)N1C2(C)C=CC1(C)C(Cl)C(=O)C2Cl. The van der Waals surface area contributed by atoms with E-state index in [4.69, 9.17) is 27.9 Å². The van der Waals surface area contributed by atoms with Gasteiger partial charge in [0.15, 0.2) is 5.78 Å². The maximum absolute atomic E-state index is 12.0. The summed E-state index contributed by atoms with van der Waals surface area (Å²) in [5, 5.41) is -1.73. The van der Waals surface area contributed by atoms with Gasteiger partial charge in [-0.25, -0.2) is 4.79 Å². The zero-order valence-electron chi connectivity index (χ0n) is 9.74. The minimum Gasteiger partial charge on any atom is -0.453 e. The Morgan fingerprint density at radius 1 is 1.29 bits per heavy atom. The summed E-state index contributed by atoms with van der Waals surface area (Å²) in [6.07, 6.45) is 2.97. The van der Waals surface area contributed by atoms with E-state index in [0.717, 1.165) is 0 Å². The Morgan fingerprint density at radius 3 is 2.06 bits per heavy atom. The van der Waals surface area contributed by atoms with Crippen molar-refractivity contribution >= 4 is 35.1 Å². The molecule has 2 heterocycles. The predicted molar refractivity (Wildman–Crippen MR) is 64.5 cm³/mol. The highest BCUT2D eigenvalue weighted by molar-refractivity contribution is 6.42. The fourth-order valence-corrected chi connectivity index (χ4v) is 3.25. The molecular weight excluding hydrogens is 265 g/mol. The molecule has 4 atom stereocenters. The van der Waals surface area contributed by atoms with Crippen molar-refractivity contribution in [3.8, 4) is 0 Å². The molecule has 0 aromatic carbocycles. The third-order valence-electron chi connectivity index (χ3n) is 3.60. The number of ketones is 1. The number of halogens is 2. The molecule has 1 amide bonds. The predicted octanol–water partition coefficient (Wildman–Crippen LogP) is 1.94. The molecule has 4 nitrogen and oxygen atoms in total. The van der Waals surface area contributed by atoms with Crippen LogP contribution in [0.4, 0.5) is 4.79 Å². The van der Waals surface area contributed by atoms with Gasteiger partial charge in [-0.1, -0.05) is 12.2 Å². The van der Waals surface area contributed by atoms with E-state index in [9.17, 15) is 9.59 Å². The average Bonchev–Trinajstić information content (AvgIpc) is 2.57. The lowest BCUT2D eigenvalue weighted by Gasteiger charge is -2.50. The van der Waals surface area contributed by atoms with Crippen molar-refractivity contribution in [3.05, 3.63) is 12.2 Å². The van der Waals surface area contributed by atoms with Crippen molar-refractivity contribution in [2.24, 2.45) is 0 Å². The molecule has 6 heteroatoms. The quantitative estimate of drug-likeness (QED) is 0.502. The van der Waals surface area contributed by atoms with E-state index < -0.39 is 27.9 Å². The number of carbonyl (C=O) groups is 2. The van der Waals surface area contributed by atoms with E-state index in [0.29, 0.717) is 0 Å². The Kier molecular flexibility index (Phi) is 2.71. The standard InChI is InChI=1S/C11H13Cl2NO3/c1-10-4-5-11(2,14(10)9(16)17-3)8(13)6(15)7(10)12/h4-5,7-8H,1-3H3. The van der Waals surface area contributed by atoms with Crippen LogP contribution in [0, 0.1) is 0 Å². The topological polar surface area (TPSA) is 46.6 Å². The number of piperidine rings is 1. The van der Waals surface area contributed by atoms with Crippen molar-refractivity contribution in [1.29, 1.82) is 0 Å². The Hall–Kier alpha value is -0.740. The van der Waals surface area contributed by atoms with Gasteiger partial charge in [-0.2, -0.15) is 0 Å². The van der Waals surface area contributed by atoms with Gasteiger partial charge >= 0.3 is 6.09 Å². The van der Waals surface area contributed by atoms with Crippen molar-refractivity contribution in [3.63, 3.8) is 0 Å². The number of Topliss-reactive ketones (excluding diaryl/α,β-unsaturated/α-hetero) is 1. The summed E-state index contributed by atoms with van der Waals surface area (Å²) in [4.78, 5) is 25.3. The lowest BCUT2D eigenvalue weighted by atomic mass is 9.83. The molecule has 0 aromatic rings. The lowest BCUT2D eigenvalue weighted by molar-refractivity contribution is -0.126. The summed E-state index contributed by atoms with van der Waals surface area (Å²) in [7, 11) is 1.29. The first-order valence-corrected chi connectivity index (χ1v) is 6.07. The molecular formula is C11H13Cl2NO3. The van der Waals surface area contributed by atoms with Crippen LogP contribution >= 0.6 is 23.2 Å². The van der Waals surface area contributed by atoms with Gasteiger partial charge in [0.25, 0.3) is 0 Å². The van der Waals surface area contributed by atoms with Crippen LogP contribution in [0.15, 0.2) is 12.2 Å². The summed E-state index contributed by atoms with van der Waals surface area (Å²) >= 11 is 12.2. The van der Waals surface area contributed by atoms with Gasteiger partial charge in [-0.3, -0.25) is 9.69 Å². The molecule has 0 spiro atoms. The van der Waals surface area contributed by atoms with Crippen LogP contribution < -0.4 is 0 Å². The number of alkyl halides is 2. The number of amides is 1. The van der Waals surface area contributed by atoms with Gasteiger partial charge < -0.3 is 4.74 Å². The molecule has 2 bridgehead atoms. The van der Waals surface area contributed by atoms with Gasteiger partial charge in [0.1, 0.15) is 10.8 Å². The number of nitrogens with zero attached hydrogens (tertiary/aromatic N) is 1. The Labute approximate surface area is 109 Å². The van der Waals surface area contributed by atoms with Crippen LogP contribution in [-0.4, -0.2) is 45.7 Å². The first-order valence-electron chi connectivity index (χ1n) is 5.19. The zero-order chi connectivity index (χ0) is 13.0. The molecule has 2 aliphatic heterocycles. The molecule has 1 saturated heterocycles. The number of hydrogen-bond acceptors (Lipinski definition) is 3.